The Balaban J connectivity index is 1.68. The lowest BCUT2D eigenvalue weighted by Gasteiger charge is -2.43. The average molecular weight is 400 g/mol. The maximum absolute atomic E-state index is 13.3. The van der Waals surface area contributed by atoms with Gasteiger partial charge in [0.05, 0.1) is 6.10 Å². The highest BCUT2D eigenvalue weighted by atomic mass is 19.1. The predicted molar refractivity (Wildman–Crippen MR) is 107 cm³/mol. The fourth-order valence-electron chi connectivity index (χ4n) is 3.84. The summed E-state index contributed by atoms with van der Waals surface area (Å²) in [6, 6.07) is 14.7. The van der Waals surface area contributed by atoms with Crippen LogP contribution >= 0.6 is 0 Å². The zero-order valence-corrected chi connectivity index (χ0v) is 16.1. The maximum atomic E-state index is 13.3. The number of carboxylic acid groups (broad SMARTS) is 1. The minimum absolute atomic E-state index is 0.0978. The number of halogens is 1. The number of anilines is 1. The molecule has 0 spiro atoms. The van der Waals surface area contributed by atoms with Gasteiger partial charge in [-0.25, -0.2) is 9.18 Å². The van der Waals surface area contributed by atoms with Gasteiger partial charge in [0.2, 0.25) is 0 Å². The maximum Gasteiger partial charge on any atom is 0.321 e. The zero-order chi connectivity index (χ0) is 20.9. The van der Waals surface area contributed by atoms with E-state index >= 15 is 0 Å². The van der Waals surface area contributed by atoms with Crippen molar-refractivity contribution in [2.75, 3.05) is 18.4 Å². The summed E-state index contributed by atoms with van der Waals surface area (Å²) >= 11 is 0. The summed E-state index contributed by atoms with van der Waals surface area (Å²) in [7, 11) is 0. The number of carbonyl (C=O) groups is 2. The van der Waals surface area contributed by atoms with Crippen LogP contribution in [0.15, 0.2) is 54.6 Å². The largest absolute Gasteiger partial charge is 0.481 e. The molecule has 2 aromatic rings. The highest BCUT2D eigenvalue weighted by Crippen LogP contribution is 2.36. The van der Waals surface area contributed by atoms with Gasteiger partial charge in [-0.3, -0.25) is 4.79 Å². The highest BCUT2D eigenvalue weighted by Gasteiger charge is 2.49. The molecule has 1 aliphatic heterocycles. The Labute approximate surface area is 169 Å². The van der Waals surface area contributed by atoms with Crippen molar-refractivity contribution in [2.45, 2.75) is 31.8 Å². The second-order valence-corrected chi connectivity index (χ2v) is 7.47. The van der Waals surface area contributed by atoms with Crippen LogP contribution < -0.4 is 5.32 Å². The molecule has 0 radical (unpaired) electrons. The van der Waals surface area contributed by atoms with Crippen molar-refractivity contribution in [1.29, 1.82) is 0 Å². The van der Waals surface area contributed by atoms with Crippen molar-refractivity contribution < 1.29 is 24.2 Å². The van der Waals surface area contributed by atoms with Gasteiger partial charge in [-0.15, -0.1) is 0 Å². The Morgan fingerprint density at radius 3 is 2.62 bits per heavy atom. The number of urea groups is 1. The number of carbonyl (C=O) groups excluding carboxylic acids is 1. The number of carboxylic acids is 1. The number of nitrogens with one attached hydrogen (secondary N) is 1. The first-order valence-corrected chi connectivity index (χ1v) is 9.67. The van der Waals surface area contributed by atoms with Crippen molar-refractivity contribution in [1.82, 2.24) is 4.90 Å². The van der Waals surface area contributed by atoms with E-state index in [4.69, 9.17) is 0 Å². The number of piperidine rings is 1. The number of hydrogen-bond acceptors (Lipinski definition) is 3. The molecule has 154 valence electrons. The van der Waals surface area contributed by atoms with E-state index in [1.165, 1.54) is 23.1 Å². The number of aliphatic hydroxyl groups excluding tert-OH is 1. The minimum Gasteiger partial charge on any atom is -0.481 e. The number of amides is 2. The Bertz CT molecular complexity index is 861. The minimum atomic E-state index is -1.42. The van der Waals surface area contributed by atoms with Crippen molar-refractivity contribution in [2.24, 2.45) is 5.41 Å². The van der Waals surface area contributed by atoms with Crippen LogP contribution in [0.25, 0.3) is 0 Å². The molecular formula is C22H25FN2O4. The number of nitrogens with zero attached hydrogens (tertiary/aromatic N) is 1. The molecule has 1 saturated heterocycles. The number of rotatable bonds is 6. The van der Waals surface area contributed by atoms with Gasteiger partial charge in [0, 0.05) is 18.8 Å². The molecule has 0 saturated carbocycles. The van der Waals surface area contributed by atoms with Crippen LogP contribution in [0, 0.1) is 11.2 Å². The summed E-state index contributed by atoms with van der Waals surface area (Å²) in [5.41, 5.74) is -0.0306. The second-order valence-electron chi connectivity index (χ2n) is 7.47. The van der Waals surface area contributed by atoms with Crippen molar-refractivity contribution >= 4 is 17.7 Å². The fraction of sp³-hybridized carbons (Fsp3) is 0.364. The van der Waals surface area contributed by atoms with Crippen LogP contribution in [0.3, 0.4) is 0 Å². The van der Waals surface area contributed by atoms with Crippen LogP contribution in [0.4, 0.5) is 14.9 Å². The smallest absolute Gasteiger partial charge is 0.321 e. The Kier molecular flexibility index (Phi) is 6.49. The molecule has 3 N–H and O–H groups in total. The van der Waals surface area contributed by atoms with E-state index < -0.39 is 29.3 Å². The lowest BCUT2D eigenvalue weighted by atomic mass is 9.73. The van der Waals surface area contributed by atoms with Gasteiger partial charge in [-0.2, -0.15) is 0 Å². The van der Waals surface area contributed by atoms with Gasteiger partial charge in [-0.1, -0.05) is 36.4 Å². The topological polar surface area (TPSA) is 89.9 Å². The van der Waals surface area contributed by atoms with Gasteiger partial charge in [0.1, 0.15) is 11.2 Å². The number of aliphatic carboxylic acids is 1. The summed E-state index contributed by atoms with van der Waals surface area (Å²) in [6.07, 6.45) is 0.662. The molecule has 0 bridgehead atoms. The molecule has 1 fully saturated rings. The van der Waals surface area contributed by atoms with E-state index in [0.717, 1.165) is 5.56 Å². The molecule has 7 heteroatoms. The first-order valence-electron chi connectivity index (χ1n) is 9.67. The first-order chi connectivity index (χ1) is 13.9. The fourth-order valence-corrected chi connectivity index (χ4v) is 3.84. The number of likely N-dealkylation sites (tertiary alicyclic amines) is 1. The third-order valence-corrected chi connectivity index (χ3v) is 5.50. The molecule has 2 atom stereocenters. The van der Waals surface area contributed by atoms with E-state index in [1.54, 1.807) is 6.07 Å². The molecule has 6 nitrogen and oxygen atoms in total. The standard InChI is InChI=1S/C22H25FN2O4/c23-17-9-4-10-18(14-17)24-21(29)25-13-11-19(26)22(15-25,20(27)28)12-5-8-16-6-2-1-3-7-16/h1-4,6-7,9-10,14,19,26H,5,8,11-13,15H2,(H,24,29)(H,27,28)/t19-,22-/m1/s1. The number of benzene rings is 2. The third kappa shape index (κ3) is 4.92. The van der Waals surface area contributed by atoms with Crippen LogP contribution in [-0.4, -0.2) is 46.3 Å². The molecule has 0 unspecified atom stereocenters. The highest BCUT2D eigenvalue weighted by molar-refractivity contribution is 5.90. The van der Waals surface area contributed by atoms with Crippen molar-refractivity contribution in [3.63, 3.8) is 0 Å². The van der Waals surface area contributed by atoms with Crippen LogP contribution in [-0.2, 0) is 11.2 Å². The Morgan fingerprint density at radius 1 is 1.17 bits per heavy atom. The molecule has 2 aromatic carbocycles. The second kappa shape index (κ2) is 9.05. The van der Waals surface area contributed by atoms with Gasteiger partial charge in [0.15, 0.2) is 0 Å². The van der Waals surface area contributed by atoms with Gasteiger partial charge >= 0.3 is 12.0 Å². The SMILES string of the molecule is O=C(Nc1cccc(F)c1)N1CC[C@@H](O)[C@](CCCc2ccccc2)(C(=O)O)C1. The quantitative estimate of drug-likeness (QED) is 0.692. The molecule has 0 aliphatic carbocycles. The third-order valence-electron chi connectivity index (χ3n) is 5.50. The number of aryl methyl sites for hydroxylation is 1. The molecule has 0 aromatic heterocycles. The summed E-state index contributed by atoms with van der Waals surface area (Å²) in [4.78, 5) is 26.1. The van der Waals surface area contributed by atoms with Gasteiger partial charge in [0.25, 0.3) is 0 Å². The zero-order valence-electron chi connectivity index (χ0n) is 16.1. The Morgan fingerprint density at radius 2 is 1.93 bits per heavy atom. The lowest BCUT2D eigenvalue weighted by Crippen LogP contribution is -2.58. The summed E-state index contributed by atoms with van der Waals surface area (Å²) < 4.78 is 13.3. The molecule has 2 amide bonds. The van der Waals surface area contributed by atoms with Gasteiger partial charge in [-0.05, 0) is 49.4 Å². The molecular weight excluding hydrogens is 375 g/mol. The van der Waals surface area contributed by atoms with E-state index in [2.05, 4.69) is 5.32 Å². The summed E-state index contributed by atoms with van der Waals surface area (Å²) in [5.74, 6) is -1.58. The van der Waals surface area contributed by atoms with Crippen LogP contribution in [0.2, 0.25) is 0 Å². The average Bonchev–Trinajstić information content (AvgIpc) is 2.70. The number of aliphatic hydroxyl groups is 1. The lowest BCUT2D eigenvalue weighted by molar-refractivity contribution is -0.162. The predicted octanol–water partition coefficient (Wildman–Crippen LogP) is 3.52. The molecule has 1 aliphatic rings. The number of hydrogen-bond donors (Lipinski definition) is 3. The summed E-state index contributed by atoms with van der Waals surface area (Å²) in [5, 5.41) is 23.0. The van der Waals surface area contributed by atoms with Gasteiger partial charge < -0.3 is 20.4 Å². The summed E-state index contributed by atoms with van der Waals surface area (Å²) in [6.45, 7) is 0.134. The van der Waals surface area contributed by atoms with E-state index in [0.29, 0.717) is 18.5 Å². The van der Waals surface area contributed by atoms with E-state index in [-0.39, 0.29) is 25.9 Å². The van der Waals surface area contributed by atoms with E-state index in [9.17, 15) is 24.2 Å². The monoisotopic (exact) mass is 400 g/mol. The van der Waals surface area contributed by atoms with Crippen molar-refractivity contribution in [3.8, 4) is 0 Å². The molecule has 29 heavy (non-hydrogen) atoms. The van der Waals surface area contributed by atoms with Crippen LogP contribution in [0.5, 0.6) is 0 Å². The molecule has 1 heterocycles. The first kappa shape index (κ1) is 20.8. The normalized spacial score (nSPS) is 21.6. The van der Waals surface area contributed by atoms with Crippen LogP contribution in [0.1, 0.15) is 24.8 Å². The van der Waals surface area contributed by atoms with E-state index in [1.807, 2.05) is 30.3 Å². The molecule has 3 rings (SSSR count). The Hall–Kier alpha value is -2.93. The van der Waals surface area contributed by atoms with Crippen molar-refractivity contribution in [3.05, 3.63) is 66.0 Å².